The molecule has 0 radical (unpaired) electrons. The first-order valence-corrected chi connectivity index (χ1v) is 22.6. The van der Waals surface area contributed by atoms with Crippen LogP contribution in [0.2, 0.25) is 0 Å². The Kier molecular flexibility index (Phi) is 12.8. The predicted molar refractivity (Wildman–Crippen MR) is 220 cm³/mol. The summed E-state index contributed by atoms with van der Waals surface area (Å²) in [6.07, 6.45) is 4.60. The summed E-state index contributed by atoms with van der Waals surface area (Å²) in [6.45, 7) is 0. The summed E-state index contributed by atoms with van der Waals surface area (Å²) in [7, 11) is -11.2. The van der Waals surface area contributed by atoms with Gasteiger partial charge < -0.3 is 14.7 Å². The van der Waals surface area contributed by atoms with Gasteiger partial charge in [-0.05, 0) is 71.8 Å². The number of quaternary nitrogens is 1. The van der Waals surface area contributed by atoms with Crippen LogP contribution in [0.3, 0.4) is 0 Å². The molecule has 6 rings (SSSR count). The molecule has 0 fully saturated rings. The van der Waals surface area contributed by atoms with Crippen molar-refractivity contribution >= 4 is 97.2 Å². The summed E-state index contributed by atoms with van der Waals surface area (Å²) in [6, 6.07) is 13.2. The second kappa shape index (κ2) is 17.1. The molecule has 25 heteroatoms. The molecule has 6 N–H and O–H groups in total. The Balaban J connectivity index is 0.00000133. The van der Waals surface area contributed by atoms with Gasteiger partial charge in [0.15, 0.2) is 11.5 Å². The third-order valence-corrected chi connectivity index (χ3v) is 11.3. The first-order valence-electron chi connectivity index (χ1n) is 16.8. The molecule has 0 saturated heterocycles. The second-order valence-electron chi connectivity index (χ2n) is 14.0. The number of pyridine rings is 2. The number of nitrogens with zero attached hydrogens (tertiary/aromatic N) is 7. The van der Waals surface area contributed by atoms with Gasteiger partial charge in [0.05, 0.1) is 39.6 Å². The molecule has 61 heavy (non-hydrogen) atoms. The van der Waals surface area contributed by atoms with E-state index in [2.05, 4.69) is 58.6 Å². The van der Waals surface area contributed by atoms with Crippen molar-refractivity contribution in [2.75, 3.05) is 28.2 Å². The molecule has 0 unspecified atom stereocenters. The fraction of sp³-hybridized carbons (Fsp3) is 0.111. The number of azo groups is 2. The van der Waals surface area contributed by atoms with Crippen LogP contribution in [0, 0.1) is 0 Å². The van der Waals surface area contributed by atoms with E-state index in [-0.39, 0.29) is 44.3 Å². The molecule has 2 aromatic heterocycles. The largest absolute Gasteiger partial charge is 0.504 e. The highest BCUT2D eigenvalue weighted by molar-refractivity contribution is 7.86. The molecular weight excluding hydrogens is 883 g/mol. The summed E-state index contributed by atoms with van der Waals surface area (Å²) < 4.78 is 138. The van der Waals surface area contributed by atoms with Gasteiger partial charge in [-0.2, -0.15) is 43.9 Å². The number of phenolic OH excluding ortho intramolecular Hbond substituents is 2. The highest BCUT2D eigenvalue weighted by Gasteiger charge is 2.23. The smallest absolute Gasteiger partial charge is 0.295 e. The second-order valence-corrected chi connectivity index (χ2v) is 19.6. The van der Waals surface area contributed by atoms with Crippen molar-refractivity contribution in [1.29, 1.82) is 0 Å². The molecule has 0 amide bonds. The molecule has 320 valence electrons. The van der Waals surface area contributed by atoms with Crippen molar-refractivity contribution in [3.8, 4) is 11.5 Å². The van der Waals surface area contributed by atoms with Gasteiger partial charge in [0.1, 0.15) is 42.0 Å². The van der Waals surface area contributed by atoms with E-state index in [0.717, 1.165) is 53.0 Å². The summed E-state index contributed by atoms with van der Waals surface area (Å²) in [5.74, 6) is -1.24. The van der Waals surface area contributed by atoms with Crippen molar-refractivity contribution in [3.63, 3.8) is 0 Å². The Morgan fingerprint density at radius 3 is 1.13 bits per heavy atom. The van der Waals surface area contributed by atoms with Gasteiger partial charge in [0.2, 0.25) is 0 Å². The molecule has 0 spiro atoms. The van der Waals surface area contributed by atoms with Crippen LogP contribution in [0.5, 0.6) is 11.5 Å². The van der Waals surface area contributed by atoms with Crippen LogP contribution in [0.15, 0.2) is 125 Å². The van der Waals surface area contributed by atoms with Gasteiger partial charge in [-0.1, -0.05) is 24.3 Å². The van der Waals surface area contributed by atoms with Crippen LogP contribution in [-0.4, -0.2) is 105 Å². The van der Waals surface area contributed by atoms with E-state index >= 15 is 0 Å². The highest BCUT2D eigenvalue weighted by Crippen LogP contribution is 2.40. The Bertz CT molecular complexity index is 3060. The Morgan fingerprint density at radius 1 is 0.492 bits per heavy atom. The molecule has 0 aliphatic rings. The van der Waals surface area contributed by atoms with Crippen LogP contribution in [-0.2, 0) is 40.5 Å². The number of hydrogen-bond acceptors (Lipinski definition) is 16. The standard InChI is InChI=1S/C32H22N6O14S4.C4H12N/c39-31-23(15-27(55(47,48)49)21-3-1-11-33-29(21)31)37-35-19-9-7-17(25(13-19)53(41,42)43)5-6-18-8-10-20(14-26(18)54(44,45)46)36-38-24-16-28(56(50,51)52)22-4-2-12-34-30(22)32(24)40;1-5(2,3)4/h1-16,39-40H,(H,41,42,43)(H,44,45,46)(H,47,48,49)(H,50,51,52);1-4H3/q;+1/b6-5+,37-35?,38-36?;. The average molecular weight is 917 g/mol. The fourth-order valence-electron chi connectivity index (χ4n) is 5.24. The summed E-state index contributed by atoms with van der Waals surface area (Å²) in [5.41, 5.74) is -2.37. The van der Waals surface area contributed by atoms with Crippen molar-refractivity contribution in [1.82, 2.24) is 9.97 Å². The minimum absolute atomic E-state index is 0.122. The SMILES string of the molecule is C[N+](C)(C)C.O=S(=O)(O)c1cc(N=Nc2cc(S(=O)(=O)O)c3cccnc3c2O)ccc1/C=C/c1ccc(N=Nc2cc(S(=O)(=O)O)c3cccnc3c2O)cc1S(=O)(=O)O. The third-order valence-electron chi connectivity index (χ3n) is 7.71. The van der Waals surface area contributed by atoms with Gasteiger partial charge in [-0.25, -0.2) is 0 Å². The zero-order valence-electron chi connectivity index (χ0n) is 32.0. The van der Waals surface area contributed by atoms with Crippen molar-refractivity contribution in [2.24, 2.45) is 20.5 Å². The molecule has 2 heterocycles. The zero-order chi connectivity index (χ0) is 45.3. The lowest BCUT2D eigenvalue weighted by atomic mass is 10.1. The Hall–Kier alpha value is -6.16. The average Bonchev–Trinajstić information content (AvgIpc) is 3.14. The van der Waals surface area contributed by atoms with Crippen molar-refractivity contribution < 1.29 is 66.6 Å². The number of benzene rings is 4. The summed E-state index contributed by atoms with van der Waals surface area (Å²) in [4.78, 5) is 4.97. The number of fused-ring (bicyclic) bond motifs is 2. The molecule has 0 atom stereocenters. The van der Waals surface area contributed by atoms with Crippen molar-refractivity contribution in [3.05, 3.63) is 96.3 Å². The lowest BCUT2D eigenvalue weighted by Crippen LogP contribution is -2.27. The maximum Gasteiger partial charge on any atom is 0.295 e. The Labute approximate surface area is 348 Å². The molecule has 0 aliphatic heterocycles. The molecule has 21 nitrogen and oxygen atoms in total. The Morgan fingerprint density at radius 2 is 0.820 bits per heavy atom. The maximum absolute atomic E-state index is 12.4. The van der Waals surface area contributed by atoms with Crippen LogP contribution in [0.25, 0.3) is 34.0 Å². The summed E-state index contributed by atoms with van der Waals surface area (Å²) >= 11 is 0. The number of aromatic hydroxyl groups is 2. The lowest BCUT2D eigenvalue weighted by molar-refractivity contribution is -0.849. The third kappa shape index (κ3) is 11.4. The highest BCUT2D eigenvalue weighted by atomic mass is 32.2. The number of aromatic nitrogens is 2. The topological polar surface area (TPSA) is 333 Å². The molecule has 4 aromatic carbocycles. The minimum atomic E-state index is -5.01. The van der Waals surface area contributed by atoms with E-state index in [1.807, 2.05) is 0 Å². The summed E-state index contributed by atoms with van der Waals surface area (Å²) in [5, 5.41) is 36.1. The van der Waals surface area contributed by atoms with Gasteiger partial charge in [-0.3, -0.25) is 28.2 Å². The fourth-order valence-corrected chi connectivity index (χ4v) is 8.06. The van der Waals surface area contributed by atoms with Gasteiger partial charge in [0.25, 0.3) is 40.5 Å². The van der Waals surface area contributed by atoms with E-state index in [9.17, 15) is 62.1 Å². The molecule has 6 aromatic rings. The molecule has 0 saturated carbocycles. The van der Waals surface area contributed by atoms with Gasteiger partial charge >= 0.3 is 0 Å². The van der Waals surface area contributed by atoms with Crippen LogP contribution in [0.1, 0.15) is 11.1 Å². The number of phenols is 2. The lowest BCUT2D eigenvalue weighted by Gasteiger charge is -2.14. The maximum atomic E-state index is 12.4. The van der Waals surface area contributed by atoms with Gasteiger partial charge in [-0.15, -0.1) is 10.2 Å². The zero-order valence-corrected chi connectivity index (χ0v) is 35.2. The van der Waals surface area contributed by atoms with Crippen LogP contribution < -0.4 is 0 Å². The van der Waals surface area contributed by atoms with E-state index < -0.39 is 82.9 Å². The first-order chi connectivity index (χ1) is 28.1. The van der Waals surface area contributed by atoms with E-state index in [4.69, 9.17) is 0 Å². The number of hydrogen-bond donors (Lipinski definition) is 6. The van der Waals surface area contributed by atoms with E-state index in [1.54, 1.807) is 0 Å². The molecule has 0 aliphatic carbocycles. The minimum Gasteiger partial charge on any atom is -0.504 e. The predicted octanol–water partition coefficient (Wildman–Crippen LogP) is 6.50. The van der Waals surface area contributed by atoms with Crippen molar-refractivity contribution in [2.45, 2.75) is 19.6 Å². The first kappa shape index (κ1) is 45.9. The quantitative estimate of drug-likeness (QED) is 0.0369. The van der Waals surface area contributed by atoms with Crippen LogP contribution >= 0.6 is 0 Å². The van der Waals surface area contributed by atoms with E-state index in [1.165, 1.54) is 48.8 Å². The molecular formula is C36H34N7O14S4+. The molecule has 0 bridgehead atoms. The van der Waals surface area contributed by atoms with E-state index in [0.29, 0.717) is 0 Å². The monoisotopic (exact) mass is 916 g/mol. The van der Waals surface area contributed by atoms with Gasteiger partial charge in [0, 0.05) is 23.2 Å². The normalized spacial score (nSPS) is 13.0. The van der Waals surface area contributed by atoms with Crippen LogP contribution in [0.4, 0.5) is 22.7 Å². The number of rotatable bonds is 10.